The normalized spacial score (nSPS) is 14.8. The Hall–Kier alpha value is -3.13. The van der Waals surface area contributed by atoms with E-state index in [0.717, 1.165) is 11.1 Å². The lowest BCUT2D eigenvalue weighted by Gasteiger charge is -2.14. The SMILES string of the molecule is O=C(O)c1cccc(N2C(=O)/C(=C\c3ccc(OCc4ccc(Cl)cc4)cc3)SC2=S)c1. The lowest BCUT2D eigenvalue weighted by Crippen LogP contribution is -2.27. The predicted octanol–water partition coefficient (Wildman–Crippen LogP) is 6.02. The van der Waals surface area contributed by atoms with Gasteiger partial charge >= 0.3 is 5.97 Å². The summed E-state index contributed by atoms with van der Waals surface area (Å²) < 4.78 is 6.14. The van der Waals surface area contributed by atoms with E-state index in [1.54, 1.807) is 18.2 Å². The molecule has 0 radical (unpaired) electrons. The van der Waals surface area contributed by atoms with Crippen molar-refractivity contribution < 1.29 is 19.4 Å². The van der Waals surface area contributed by atoms with Gasteiger partial charge in [-0.3, -0.25) is 9.69 Å². The number of carboxylic acids is 1. The van der Waals surface area contributed by atoms with Crippen LogP contribution in [0.5, 0.6) is 5.75 Å². The van der Waals surface area contributed by atoms with E-state index in [1.807, 2.05) is 48.5 Å². The number of thiocarbonyl (C=S) groups is 1. The molecule has 0 bridgehead atoms. The maximum Gasteiger partial charge on any atom is 0.335 e. The second-order valence-electron chi connectivity index (χ2n) is 6.86. The maximum absolute atomic E-state index is 12.9. The Morgan fingerprint density at radius 2 is 1.81 bits per heavy atom. The molecule has 160 valence electrons. The number of hydrogen-bond donors (Lipinski definition) is 1. The summed E-state index contributed by atoms with van der Waals surface area (Å²) in [5.74, 6) is -0.646. The summed E-state index contributed by atoms with van der Waals surface area (Å²) in [6.07, 6.45) is 1.75. The topological polar surface area (TPSA) is 66.8 Å². The van der Waals surface area contributed by atoms with Gasteiger partial charge in [-0.15, -0.1) is 0 Å². The first-order valence-electron chi connectivity index (χ1n) is 9.49. The van der Waals surface area contributed by atoms with E-state index >= 15 is 0 Å². The molecule has 1 heterocycles. The monoisotopic (exact) mass is 481 g/mol. The van der Waals surface area contributed by atoms with Gasteiger partial charge in [0.25, 0.3) is 5.91 Å². The average Bonchev–Trinajstić information content (AvgIpc) is 3.07. The van der Waals surface area contributed by atoms with Gasteiger partial charge in [0.2, 0.25) is 0 Å². The molecule has 0 aliphatic carbocycles. The third kappa shape index (κ3) is 5.02. The Kier molecular flexibility index (Phi) is 6.60. The van der Waals surface area contributed by atoms with Crippen LogP contribution in [0.4, 0.5) is 5.69 Å². The van der Waals surface area contributed by atoms with Crippen LogP contribution in [-0.4, -0.2) is 21.3 Å². The molecule has 1 fully saturated rings. The van der Waals surface area contributed by atoms with Crippen molar-refractivity contribution in [2.45, 2.75) is 6.61 Å². The summed E-state index contributed by atoms with van der Waals surface area (Å²) in [6.45, 7) is 0.421. The van der Waals surface area contributed by atoms with Crippen LogP contribution in [0, 0.1) is 0 Å². The third-order valence-electron chi connectivity index (χ3n) is 4.64. The highest BCUT2D eigenvalue weighted by molar-refractivity contribution is 8.27. The number of carboxylic acid groups (broad SMARTS) is 1. The number of nitrogens with zero attached hydrogens (tertiary/aromatic N) is 1. The van der Waals surface area contributed by atoms with Crippen molar-refractivity contribution >= 4 is 63.5 Å². The molecule has 0 unspecified atom stereocenters. The summed E-state index contributed by atoms with van der Waals surface area (Å²) in [5.41, 5.74) is 2.36. The number of rotatable bonds is 6. The van der Waals surface area contributed by atoms with Gasteiger partial charge in [0, 0.05) is 5.02 Å². The number of thioether (sulfide) groups is 1. The number of halogens is 1. The standard InChI is InChI=1S/C24H16ClNO4S2/c25-18-8-4-16(5-9-18)14-30-20-10-6-15(7-11-20)12-21-22(27)26(24(31)32-21)19-3-1-2-17(13-19)23(28)29/h1-13H,14H2,(H,28,29)/b21-12+. The van der Waals surface area contributed by atoms with Crippen LogP contribution in [0.3, 0.4) is 0 Å². The van der Waals surface area contributed by atoms with Crippen LogP contribution in [0.2, 0.25) is 5.02 Å². The van der Waals surface area contributed by atoms with Gasteiger partial charge in [0.05, 0.1) is 16.2 Å². The summed E-state index contributed by atoms with van der Waals surface area (Å²) in [6, 6.07) is 21.0. The second-order valence-corrected chi connectivity index (χ2v) is 8.97. The Morgan fingerprint density at radius 3 is 2.50 bits per heavy atom. The van der Waals surface area contributed by atoms with E-state index < -0.39 is 5.97 Å². The van der Waals surface area contributed by atoms with Crippen LogP contribution >= 0.6 is 35.6 Å². The number of anilines is 1. The van der Waals surface area contributed by atoms with Crippen LogP contribution in [0.15, 0.2) is 77.7 Å². The van der Waals surface area contributed by atoms with Crippen molar-refractivity contribution in [3.63, 3.8) is 0 Å². The van der Waals surface area contributed by atoms with Crippen molar-refractivity contribution in [3.05, 3.63) is 99.4 Å². The minimum absolute atomic E-state index is 0.0923. The molecule has 32 heavy (non-hydrogen) atoms. The van der Waals surface area contributed by atoms with Crippen molar-refractivity contribution in [2.24, 2.45) is 0 Å². The number of carbonyl (C=O) groups is 2. The first kappa shape index (κ1) is 22.1. The highest BCUT2D eigenvalue weighted by atomic mass is 35.5. The number of amides is 1. The third-order valence-corrected chi connectivity index (χ3v) is 6.20. The molecule has 1 aliphatic heterocycles. The van der Waals surface area contributed by atoms with Crippen LogP contribution in [-0.2, 0) is 11.4 Å². The minimum Gasteiger partial charge on any atom is -0.489 e. The van der Waals surface area contributed by atoms with Crippen molar-refractivity contribution in [1.29, 1.82) is 0 Å². The molecule has 3 aromatic carbocycles. The highest BCUT2D eigenvalue weighted by Gasteiger charge is 2.33. The fraction of sp³-hybridized carbons (Fsp3) is 0.0417. The molecular formula is C24H16ClNO4S2. The van der Waals surface area contributed by atoms with Crippen LogP contribution in [0.1, 0.15) is 21.5 Å². The Morgan fingerprint density at radius 1 is 1.09 bits per heavy atom. The fourth-order valence-electron chi connectivity index (χ4n) is 3.03. The number of carbonyl (C=O) groups excluding carboxylic acids is 1. The van der Waals surface area contributed by atoms with Gasteiger partial charge in [-0.25, -0.2) is 4.79 Å². The summed E-state index contributed by atoms with van der Waals surface area (Å²) in [4.78, 5) is 26.0. The highest BCUT2D eigenvalue weighted by Crippen LogP contribution is 2.36. The second kappa shape index (κ2) is 9.56. The minimum atomic E-state index is -1.06. The number of benzene rings is 3. The van der Waals surface area contributed by atoms with E-state index in [0.29, 0.717) is 32.3 Å². The van der Waals surface area contributed by atoms with E-state index in [4.69, 9.17) is 28.6 Å². The largest absolute Gasteiger partial charge is 0.489 e. The van der Waals surface area contributed by atoms with Gasteiger partial charge in [-0.2, -0.15) is 0 Å². The smallest absolute Gasteiger partial charge is 0.335 e. The molecule has 1 aliphatic rings. The average molecular weight is 482 g/mol. The molecular weight excluding hydrogens is 466 g/mol. The van der Waals surface area contributed by atoms with Crippen LogP contribution < -0.4 is 9.64 Å². The molecule has 1 N–H and O–H groups in total. The Balaban J connectivity index is 1.46. The van der Waals surface area contributed by atoms with Crippen molar-refractivity contribution in [3.8, 4) is 5.75 Å². The molecule has 1 saturated heterocycles. The number of hydrogen-bond acceptors (Lipinski definition) is 5. The number of ether oxygens (including phenoxy) is 1. The first-order valence-corrected chi connectivity index (χ1v) is 11.1. The van der Waals surface area contributed by atoms with Crippen molar-refractivity contribution in [1.82, 2.24) is 0 Å². The van der Waals surface area contributed by atoms with Gasteiger partial charge in [-0.1, -0.05) is 65.9 Å². The maximum atomic E-state index is 12.9. The van der Waals surface area contributed by atoms with Crippen molar-refractivity contribution in [2.75, 3.05) is 4.90 Å². The molecule has 0 spiro atoms. The summed E-state index contributed by atoms with van der Waals surface area (Å²) >= 11 is 12.4. The molecule has 0 saturated carbocycles. The molecule has 0 aromatic heterocycles. The van der Waals surface area contributed by atoms with E-state index in [1.165, 1.54) is 28.8 Å². The fourth-order valence-corrected chi connectivity index (χ4v) is 4.45. The Labute approximate surface area is 199 Å². The summed E-state index contributed by atoms with van der Waals surface area (Å²) in [5, 5.41) is 9.88. The molecule has 8 heteroatoms. The number of aromatic carboxylic acids is 1. The van der Waals surface area contributed by atoms with Gasteiger partial charge < -0.3 is 9.84 Å². The van der Waals surface area contributed by atoms with Gasteiger partial charge in [0.1, 0.15) is 12.4 Å². The van der Waals surface area contributed by atoms with E-state index in [9.17, 15) is 14.7 Å². The zero-order valence-corrected chi connectivity index (χ0v) is 18.9. The predicted molar refractivity (Wildman–Crippen MR) is 131 cm³/mol. The molecule has 4 rings (SSSR count). The summed E-state index contributed by atoms with van der Waals surface area (Å²) in [7, 11) is 0. The Bertz CT molecular complexity index is 1220. The molecule has 0 atom stereocenters. The zero-order valence-electron chi connectivity index (χ0n) is 16.5. The molecule has 3 aromatic rings. The molecule has 1 amide bonds. The van der Waals surface area contributed by atoms with Gasteiger partial charge in [-0.05, 0) is 59.7 Å². The lowest BCUT2D eigenvalue weighted by molar-refractivity contribution is -0.113. The lowest BCUT2D eigenvalue weighted by atomic mass is 10.1. The quantitative estimate of drug-likeness (QED) is 0.343. The first-order chi connectivity index (χ1) is 15.4. The zero-order chi connectivity index (χ0) is 22.7. The molecule has 5 nitrogen and oxygen atoms in total. The van der Waals surface area contributed by atoms with E-state index in [-0.39, 0.29) is 11.5 Å². The van der Waals surface area contributed by atoms with E-state index in [2.05, 4.69) is 0 Å². The van der Waals surface area contributed by atoms with Gasteiger partial charge in [0.15, 0.2) is 4.32 Å². The van der Waals surface area contributed by atoms with Crippen LogP contribution in [0.25, 0.3) is 6.08 Å².